The van der Waals surface area contributed by atoms with Crippen LogP contribution in [0.5, 0.6) is 0 Å². The monoisotopic (exact) mass is 270 g/mol. The minimum atomic E-state index is -1.09. The number of benzene rings is 1. The lowest BCUT2D eigenvalue weighted by Crippen LogP contribution is -2.11. The predicted molar refractivity (Wildman–Crippen MR) is 56.1 cm³/mol. The smallest absolute Gasteiger partial charge is 0.332 e. The summed E-state index contributed by atoms with van der Waals surface area (Å²) in [6, 6.07) is 6.89. The van der Waals surface area contributed by atoms with Crippen molar-refractivity contribution in [3.8, 4) is 6.07 Å². The number of carboxylic acids is 1. The Labute approximate surface area is 94.4 Å². The molecule has 0 amide bonds. The zero-order valence-corrected chi connectivity index (χ0v) is 9.11. The maximum absolute atomic E-state index is 10.2. The first-order chi connectivity index (χ1) is 7.13. The highest BCUT2D eigenvalue weighted by Crippen LogP contribution is 2.19. The Kier molecular flexibility index (Phi) is 4.09. The summed E-state index contributed by atoms with van der Waals surface area (Å²) in [6.07, 6.45) is 0. The number of carboxylic acid groups (broad SMARTS) is 1. The van der Waals surface area contributed by atoms with E-state index in [9.17, 15) is 4.79 Å². The average Bonchev–Trinajstić information content (AvgIpc) is 2.19. The molecule has 0 heterocycles. The highest BCUT2D eigenvalue weighted by atomic mass is 79.9. The Balaban J connectivity index is 2.69. The van der Waals surface area contributed by atoms with Gasteiger partial charge in [0.05, 0.1) is 11.3 Å². The lowest BCUT2D eigenvalue weighted by atomic mass is 10.2. The molecule has 0 aliphatic carbocycles. The second-order valence-corrected chi connectivity index (χ2v) is 3.50. The quantitative estimate of drug-likeness (QED) is 0.815. The van der Waals surface area contributed by atoms with Crippen LogP contribution >= 0.6 is 15.9 Å². The molecule has 0 saturated heterocycles. The minimum absolute atomic E-state index is 0.370. The standard InChI is InChI=1S/C9H7BrN2O3/c10-7-1-2-8(6(3-7)4-11)12-15-5-9(13)14/h1-3,12H,5H2,(H,13,14). The van der Waals surface area contributed by atoms with Crippen LogP contribution in [0.3, 0.4) is 0 Å². The number of hydrogen-bond donors (Lipinski definition) is 2. The SMILES string of the molecule is N#Cc1cc(Br)ccc1NOCC(=O)O. The van der Waals surface area contributed by atoms with E-state index in [1.54, 1.807) is 18.2 Å². The van der Waals surface area contributed by atoms with E-state index >= 15 is 0 Å². The van der Waals surface area contributed by atoms with E-state index in [0.717, 1.165) is 4.47 Å². The van der Waals surface area contributed by atoms with Crippen LogP contribution in [0.15, 0.2) is 22.7 Å². The van der Waals surface area contributed by atoms with Gasteiger partial charge in [-0.25, -0.2) is 4.79 Å². The number of hydrogen-bond acceptors (Lipinski definition) is 4. The summed E-state index contributed by atoms with van der Waals surface area (Å²) in [4.78, 5) is 14.8. The Morgan fingerprint density at radius 3 is 3.00 bits per heavy atom. The molecule has 78 valence electrons. The van der Waals surface area contributed by atoms with Gasteiger partial charge in [-0.15, -0.1) is 0 Å². The molecule has 15 heavy (non-hydrogen) atoms. The zero-order valence-electron chi connectivity index (χ0n) is 7.53. The van der Waals surface area contributed by atoms with Gasteiger partial charge in [0.1, 0.15) is 6.07 Å². The van der Waals surface area contributed by atoms with Crippen LogP contribution in [-0.2, 0) is 9.63 Å². The Morgan fingerprint density at radius 2 is 2.40 bits per heavy atom. The molecule has 0 spiro atoms. The van der Waals surface area contributed by atoms with Gasteiger partial charge in [-0.05, 0) is 18.2 Å². The first kappa shape index (κ1) is 11.5. The third-order valence-corrected chi connectivity index (χ3v) is 1.97. The molecular weight excluding hydrogens is 264 g/mol. The molecule has 0 aliphatic rings. The van der Waals surface area contributed by atoms with Gasteiger partial charge in [-0.2, -0.15) is 5.26 Å². The predicted octanol–water partition coefficient (Wildman–Crippen LogP) is 1.75. The van der Waals surface area contributed by atoms with Gasteiger partial charge in [-0.3, -0.25) is 10.3 Å². The van der Waals surface area contributed by atoms with Crippen LogP contribution < -0.4 is 5.48 Å². The van der Waals surface area contributed by atoms with Crippen molar-refractivity contribution in [2.45, 2.75) is 0 Å². The summed E-state index contributed by atoms with van der Waals surface area (Å²) in [5.41, 5.74) is 3.20. The highest BCUT2D eigenvalue weighted by Gasteiger charge is 2.03. The van der Waals surface area contributed by atoms with Gasteiger partial charge in [0.15, 0.2) is 6.61 Å². The molecule has 0 atom stereocenters. The van der Waals surface area contributed by atoms with Gasteiger partial charge >= 0.3 is 5.97 Å². The number of anilines is 1. The van der Waals surface area contributed by atoms with E-state index < -0.39 is 12.6 Å². The van der Waals surface area contributed by atoms with Crippen molar-refractivity contribution in [1.82, 2.24) is 0 Å². The lowest BCUT2D eigenvalue weighted by molar-refractivity contribution is -0.141. The topological polar surface area (TPSA) is 82.3 Å². The fourth-order valence-electron chi connectivity index (χ4n) is 0.874. The Bertz CT molecular complexity index is 414. The number of halogens is 1. The van der Waals surface area contributed by atoms with Crippen LogP contribution in [-0.4, -0.2) is 17.7 Å². The van der Waals surface area contributed by atoms with E-state index in [2.05, 4.69) is 26.2 Å². The minimum Gasteiger partial charge on any atom is -0.479 e. The lowest BCUT2D eigenvalue weighted by Gasteiger charge is -2.06. The molecule has 0 fully saturated rings. The molecule has 0 aromatic heterocycles. The molecule has 6 heteroatoms. The molecule has 1 aromatic rings. The van der Waals surface area contributed by atoms with Crippen molar-refractivity contribution in [2.75, 3.05) is 12.1 Å². The molecule has 0 bridgehead atoms. The summed E-state index contributed by atoms with van der Waals surface area (Å²) >= 11 is 3.21. The Morgan fingerprint density at radius 1 is 1.67 bits per heavy atom. The van der Waals surface area contributed by atoms with E-state index in [1.807, 2.05) is 6.07 Å². The zero-order chi connectivity index (χ0) is 11.3. The molecular formula is C9H7BrN2O3. The largest absolute Gasteiger partial charge is 0.479 e. The number of carbonyl (C=O) groups is 1. The van der Waals surface area contributed by atoms with Crippen molar-refractivity contribution >= 4 is 27.6 Å². The van der Waals surface area contributed by atoms with Crippen LogP contribution in [0, 0.1) is 11.3 Å². The number of nitrogens with zero attached hydrogens (tertiary/aromatic N) is 1. The molecule has 0 aliphatic heterocycles. The number of rotatable bonds is 4. The molecule has 1 rings (SSSR count). The maximum Gasteiger partial charge on any atom is 0.332 e. The fourth-order valence-corrected chi connectivity index (χ4v) is 1.23. The molecule has 5 nitrogen and oxygen atoms in total. The highest BCUT2D eigenvalue weighted by molar-refractivity contribution is 9.10. The van der Waals surface area contributed by atoms with Crippen molar-refractivity contribution in [3.63, 3.8) is 0 Å². The van der Waals surface area contributed by atoms with E-state index in [4.69, 9.17) is 10.4 Å². The van der Waals surface area contributed by atoms with E-state index in [-0.39, 0.29) is 0 Å². The summed E-state index contributed by atoms with van der Waals surface area (Å²) in [7, 11) is 0. The summed E-state index contributed by atoms with van der Waals surface area (Å²) in [6.45, 7) is -0.471. The normalized spacial score (nSPS) is 9.33. The van der Waals surface area contributed by atoms with Crippen LogP contribution in [0.2, 0.25) is 0 Å². The third kappa shape index (κ3) is 3.58. The van der Waals surface area contributed by atoms with Crippen molar-refractivity contribution < 1.29 is 14.7 Å². The molecule has 1 aromatic carbocycles. The van der Waals surface area contributed by atoms with Crippen molar-refractivity contribution in [1.29, 1.82) is 5.26 Å². The first-order valence-electron chi connectivity index (χ1n) is 3.92. The van der Waals surface area contributed by atoms with E-state index in [1.165, 1.54) is 0 Å². The van der Waals surface area contributed by atoms with Crippen molar-refractivity contribution in [3.05, 3.63) is 28.2 Å². The third-order valence-electron chi connectivity index (χ3n) is 1.48. The molecule has 0 saturated carbocycles. The molecule has 0 radical (unpaired) electrons. The van der Waals surface area contributed by atoms with Gasteiger partial charge in [-0.1, -0.05) is 15.9 Å². The number of aliphatic carboxylic acids is 1. The number of nitrogens with one attached hydrogen (secondary N) is 1. The maximum atomic E-state index is 10.2. The summed E-state index contributed by atoms with van der Waals surface area (Å²) < 4.78 is 0.767. The molecule has 2 N–H and O–H groups in total. The van der Waals surface area contributed by atoms with Gasteiger partial charge in [0.2, 0.25) is 0 Å². The van der Waals surface area contributed by atoms with Crippen molar-refractivity contribution in [2.24, 2.45) is 0 Å². The van der Waals surface area contributed by atoms with Crippen LogP contribution in [0.4, 0.5) is 5.69 Å². The van der Waals surface area contributed by atoms with Crippen LogP contribution in [0.1, 0.15) is 5.56 Å². The number of nitriles is 1. The van der Waals surface area contributed by atoms with E-state index in [0.29, 0.717) is 11.3 Å². The summed E-state index contributed by atoms with van der Waals surface area (Å²) in [5.74, 6) is -1.09. The van der Waals surface area contributed by atoms with Gasteiger partial charge in [0, 0.05) is 4.47 Å². The first-order valence-corrected chi connectivity index (χ1v) is 4.72. The average molecular weight is 271 g/mol. The van der Waals surface area contributed by atoms with Gasteiger partial charge < -0.3 is 5.11 Å². The second kappa shape index (κ2) is 5.34. The molecule has 0 unspecified atom stereocenters. The van der Waals surface area contributed by atoms with Gasteiger partial charge in [0.25, 0.3) is 0 Å². The second-order valence-electron chi connectivity index (χ2n) is 2.59. The fraction of sp³-hybridized carbons (Fsp3) is 0.111. The summed E-state index contributed by atoms with van der Waals surface area (Å²) in [5, 5.41) is 17.1. The van der Waals surface area contributed by atoms with Crippen LogP contribution in [0.25, 0.3) is 0 Å². The Hall–Kier alpha value is -1.58.